The van der Waals surface area contributed by atoms with Crippen LogP contribution in [0.1, 0.15) is 15.9 Å². The van der Waals surface area contributed by atoms with E-state index in [0.29, 0.717) is 17.9 Å². The van der Waals surface area contributed by atoms with Gasteiger partial charge in [0.1, 0.15) is 5.75 Å². The van der Waals surface area contributed by atoms with E-state index < -0.39 is 18.5 Å². The number of nitrogens with zero attached hydrogens (tertiary/aromatic N) is 1. The summed E-state index contributed by atoms with van der Waals surface area (Å²) >= 11 is 0. The van der Waals surface area contributed by atoms with Crippen LogP contribution in [0.5, 0.6) is 5.75 Å². The summed E-state index contributed by atoms with van der Waals surface area (Å²) in [7, 11) is 1.35. The van der Waals surface area contributed by atoms with Crippen molar-refractivity contribution in [2.45, 2.75) is 6.54 Å². The number of carboxylic acids is 1. The average Bonchev–Trinajstić information content (AvgIpc) is 3.09. The van der Waals surface area contributed by atoms with Crippen LogP contribution in [0.4, 0.5) is 0 Å². The lowest BCUT2D eigenvalue weighted by Crippen LogP contribution is -2.09. The van der Waals surface area contributed by atoms with Crippen LogP contribution in [0.25, 0.3) is 21.7 Å². The molecule has 0 spiro atoms. The fourth-order valence-corrected chi connectivity index (χ4v) is 3.44. The summed E-state index contributed by atoms with van der Waals surface area (Å²) in [6, 6.07) is 19.5. The molecular formula is C23H19NO5. The Morgan fingerprint density at radius 1 is 1.00 bits per heavy atom. The molecule has 3 aromatic carbocycles. The second kappa shape index (κ2) is 7.67. The fourth-order valence-electron chi connectivity index (χ4n) is 3.44. The third-order valence-electron chi connectivity index (χ3n) is 4.79. The minimum absolute atomic E-state index is 0.425. The van der Waals surface area contributed by atoms with E-state index in [1.54, 1.807) is 24.4 Å². The first-order valence-electron chi connectivity index (χ1n) is 9.08. The van der Waals surface area contributed by atoms with Gasteiger partial charge in [0.05, 0.1) is 18.2 Å². The minimum Gasteiger partial charge on any atom is -0.482 e. The number of hydrogen-bond donors (Lipinski definition) is 1. The zero-order chi connectivity index (χ0) is 20.4. The molecule has 1 N–H and O–H groups in total. The Morgan fingerprint density at radius 2 is 1.79 bits per heavy atom. The number of methoxy groups -OCH3 is 1. The summed E-state index contributed by atoms with van der Waals surface area (Å²) in [5, 5.41) is 11.9. The van der Waals surface area contributed by atoms with E-state index in [1.165, 1.54) is 7.11 Å². The van der Waals surface area contributed by atoms with Gasteiger partial charge in [0, 0.05) is 24.2 Å². The summed E-state index contributed by atoms with van der Waals surface area (Å²) in [6.07, 6.45) is 1.76. The van der Waals surface area contributed by atoms with E-state index in [4.69, 9.17) is 14.6 Å². The van der Waals surface area contributed by atoms with Gasteiger partial charge in [0.15, 0.2) is 6.61 Å². The van der Waals surface area contributed by atoms with Crippen LogP contribution in [0.15, 0.2) is 66.9 Å². The van der Waals surface area contributed by atoms with Crippen molar-refractivity contribution in [3.8, 4) is 5.75 Å². The second-order valence-electron chi connectivity index (χ2n) is 6.71. The Balaban J connectivity index is 1.76. The molecule has 29 heavy (non-hydrogen) atoms. The molecule has 146 valence electrons. The molecule has 1 aromatic heterocycles. The highest BCUT2D eigenvalue weighted by Gasteiger charge is 2.17. The molecule has 6 nitrogen and oxygen atoms in total. The molecule has 0 fully saturated rings. The van der Waals surface area contributed by atoms with Gasteiger partial charge in [-0.15, -0.1) is 0 Å². The molecule has 0 radical (unpaired) electrons. The van der Waals surface area contributed by atoms with Gasteiger partial charge in [-0.25, -0.2) is 9.59 Å². The Bertz CT molecular complexity index is 1220. The monoisotopic (exact) mass is 389 g/mol. The lowest BCUT2D eigenvalue weighted by atomic mass is 10.1. The second-order valence-corrected chi connectivity index (χ2v) is 6.71. The first kappa shape index (κ1) is 18.6. The highest BCUT2D eigenvalue weighted by atomic mass is 16.5. The molecule has 1 heterocycles. The van der Waals surface area contributed by atoms with Gasteiger partial charge in [0.2, 0.25) is 0 Å². The molecule has 0 saturated heterocycles. The maximum atomic E-state index is 12.2. The van der Waals surface area contributed by atoms with Crippen molar-refractivity contribution in [3.05, 3.63) is 78.0 Å². The zero-order valence-electron chi connectivity index (χ0n) is 15.8. The highest BCUT2D eigenvalue weighted by molar-refractivity contribution is 6.04. The number of carboxylic acid groups (broad SMARTS) is 1. The van der Waals surface area contributed by atoms with E-state index in [1.807, 2.05) is 16.7 Å². The number of fused-ring (bicyclic) bond motifs is 2. The highest BCUT2D eigenvalue weighted by Crippen LogP contribution is 2.28. The molecule has 0 unspecified atom stereocenters. The van der Waals surface area contributed by atoms with E-state index >= 15 is 0 Å². The van der Waals surface area contributed by atoms with Crippen molar-refractivity contribution in [1.82, 2.24) is 4.57 Å². The van der Waals surface area contributed by atoms with Crippen molar-refractivity contribution in [3.63, 3.8) is 0 Å². The summed E-state index contributed by atoms with van der Waals surface area (Å²) in [5.41, 5.74) is 2.29. The molecule has 0 atom stereocenters. The van der Waals surface area contributed by atoms with Gasteiger partial charge in [-0.05, 0) is 34.5 Å². The van der Waals surface area contributed by atoms with Gasteiger partial charge < -0.3 is 19.1 Å². The topological polar surface area (TPSA) is 77.8 Å². The normalized spacial score (nSPS) is 10.9. The molecule has 0 aliphatic rings. The molecule has 0 bridgehead atoms. The third-order valence-corrected chi connectivity index (χ3v) is 4.79. The van der Waals surface area contributed by atoms with E-state index in [9.17, 15) is 9.59 Å². The van der Waals surface area contributed by atoms with Crippen LogP contribution in [-0.4, -0.2) is 35.3 Å². The van der Waals surface area contributed by atoms with Gasteiger partial charge in [-0.1, -0.05) is 36.4 Å². The third kappa shape index (κ3) is 3.78. The number of carbonyl (C=O) groups excluding carboxylic acids is 1. The number of rotatable bonds is 6. The van der Waals surface area contributed by atoms with Crippen LogP contribution in [0, 0.1) is 0 Å². The number of carbonyl (C=O) groups is 2. The van der Waals surface area contributed by atoms with Gasteiger partial charge in [-0.3, -0.25) is 0 Å². The lowest BCUT2D eigenvalue weighted by molar-refractivity contribution is -0.139. The first-order valence-corrected chi connectivity index (χ1v) is 9.08. The summed E-state index contributed by atoms with van der Waals surface area (Å²) in [6.45, 7) is 0.113. The van der Waals surface area contributed by atoms with Crippen molar-refractivity contribution in [1.29, 1.82) is 0 Å². The Kier molecular flexibility index (Phi) is 4.91. The van der Waals surface area contributed by atoms with Crippen molar-refractivity contribution < 1.29 is 24.2 Å². The summed E-state index contributed by atoms with van der Waals surface area (Å²) < 4.78 is 12.2. The average molecular weight is 389 g/mol. The van der Waals surface area contributed by atoms with Crippen LogP contribution in [0.2, 0.25) is 0 Å². The molecular weight excluding hydrogens is 370 g/mol. The van der Waals surface area contributed by atoms with Crippen LogP contribution in [-0.2, 0) is 16.1 Å². The number of aliphatic carboxylic acids is 1. The van der Waals surface area contributed by atoms with Crippen LogP contribution >= 0.6 is 0 Å². The Hall–Kier alpha value is -3.80. The number of ether oxygens (including phenoxy) is 2. The molecule has 4 aromatic rings. The maximum Gasteiger partial charge on any atom is 0.341 e. The SMILES string of the molecule is COC(=O)c1cn(Cc2ccc3ccccc3c2)c2cc(OCC(=O)O)ccc12. The van der Waals surface area contributed by atoms with Gasteiger partial charge in [0.25, 0.3) is 0 Å². The Morgan fingerprint density at radius 3 is 2.55 bits per heavy atom. The summed E-state index contributed by atoms with van der Waals surface area (Å²) in [5.74, 6) is -1.05. The number of benzene rings is 3. The predicted molar refractivity (Wildman–Crippen MR) is 109 cm³/mol. The number of esters is 1. The molecule has 4 rings (SSSR count). The predicted octanol–water partition coefficient (Wildman–Crippen LogP) is 4.09. The van der Waals surface area contributed by atoms with Crippen molar-refractivity contribution in [2.24, 2.45) is 0 Å². The number of aromatic nitrogens is 1. The Labute approximate surface area is 166 Å². The molecule has 6 heteroatoms. The molecule has 0 amide bonds. The van der Waals surface area contributed by atoms with Crippen LogP contribution < -0.4 is 4.74 Å². The van der Waals surface area contributed by atoms with Crippen molar-refractivity contribution >= 4 is 33.6 Å². The minimum atomic E-state index is -1.05. The maximum absolute atomic E-state index is 12.2. The quantitative estimate of drug-likeness (QED) is 0.503. The number of hydrogen-bond acceptors (Lipinski definition) is 4. The fraction of sp³-hybridized carbons (Fsp3) is 0.130. The van der Waals surface area contributed by atoms with Crippen molar-refractivity contribution in [2.75, 3.05) is 13.7 Å². The zero-order valence-corrected chi connectivity index (χ0v) is 15.8. The van der Waals surface area contributed by atoms with E-state index in [2.05, 4.69) is 30.3 Å². The molecule has 0 aliphatic carbocycles. The molecule has 0 aliphatic heterocycles. The van der Waals surface area contributed by atoms with E-state index in [0.717, 1.165) is 27.2 Å². The van der Waals surface area contributed by atoms with Gasteiger partial charge in [-0.2, -0.15) is 0 Å². The van der Waals surface area contributed by atoms with Gasteiger partial charge >= 0.3 is 11.9 Å². The lowest BCUT2D eigenvalue weighted by Gasteiger charge is -2.09. The van der Waals surface area contributed by atoms with E-state index in [-0.39, 0.29) is 0 Å². The standard InChI is InChI=1S/C23H19NO5/c1-28-23(27)20-13-24(12-15-6-7-16-4-2-3-5-17(16)10-15)21-11-18(8-9-19(20)21)29-14-22(25)26/h2-11,13H,12,14H2,1H3,(H,25,26). The van der Waals surface area contributed by atoms with Crippen LogP contribution in [0.3, 0.4) is 0 Å². The smallest absolute Gasteiger partial charge is 0.341 e. The molecule has 0 saturated carbocycles. The summed E-state index contributed by atoms with van der Waals surface area (Å²) in [4.78, 5) is 23.0. The first-order chi connectivity index (χ1) is 14.0. The largest absolute Gasteiger partial charge is 0.482 e.